The van der Waals surface area contributed by atoms with E-state index in [2.05, 4.69) is 56.3 Å². The van der Waals surface area contributed by atoms with Gasteiger partial charge in [0.1, 0.15) is 36.3 Å². The van der Waals surface area contributed by atoms with Gasteiger partial charge in [0.2, 0.25) is 0 Å². The number of aliphatic carboxylic acids is 2. The highest BCUT2D eigenvalue weighted by atomic mass is 35.5. The second kappa shape index (κ2) is 17.7. The Kier molecular flexibility index (Phi) is 13.7. The summed E-state index contributed by atoms with van der Waals surface area (Å²) in [5, 5.41) is 26.0. The number of hydrogen-bond acceptors (Lipinski definition) is 8. The molecule has 0 aliphatic carbocycles. The van der Waals surface area contributed by atoms with Crippen molar-refractivity contribution in [2.45, 2.75) is 61.5 Å². The van der Waals surface area contributed by atoms with Gasteiger partial charge in [-0.05, 0) is 62.5 Å². The number of rotatable bonds is 11. The standard InChI is InChI=1S/C18H24NO4.C16H19ClN2.C4H4O4/c1-19(2)14-8-12(9-15(19)17-16(14)23-17)22-18(21)13(10-20)11-6-4-3-5-7-11;1-19(2)12-10-15(16-5-3-4-11-18-16)13-6-8-14(17)9-7-13;5-3(6)1-2-4(7)8/h3-7,12-17,20H,8-10H2,1-2H3;3-9,11,15H,10,12H2,1-2H3;1-2H,(H,5,6)(H,7,8)/q+1;;/b;;2-1-/t12?,13-,14-,15+,16-,17+;;/m1../s1. The number of esters is 1. The Labute approximate surface area is 298 Å². The molecule has 3 aliphatic heterocycles. The van der Waals surface area contributed by atoms with Crippen LogP contribution in [-0.4, -0.2) is 119 Å². The van der Waals surface area contributed by atoms with Gasteiger partial charge in [-0.25, -0.2) is 9.59 Å². The molecule has 50 heavy (non-hydrogen) atoms. The largest absolute Gasteiger partial charge is 0.478 e. The molecule has 12 heteroatoms. The lowest BCUT2D eigenvalue weighted by atomic mass is 9.92. The summed E-state index contributed by atoms with van der Waals surface area (Å²) < 4.78 is 12.5. The molecule has 7 atom stereocenters. The molecule has 3 fully saturated rings. The zero-order valence-corrected chi connectivity index (χ0v) is 29.6. The number of carbonyl (C=O) groups is 3. The highest BCUT2D eigenvalue weighted by molar-refractivity contribution is 6.30. The number of pyridine rings is 1. The van der Waals surface area contributed by atoms with Crippen LogP contribution in [-0.2, 0) is 23.9 Å². The molecule has 2 bridgehead atoms. The van der Waals surface area contributed by atoms with Gasteiger partial charge in [0.25, 0.3) is 0 Å². The number of aliphatic hydroxyl groups excluding tert-OH is 1. The van der Waals surface area contributed by atoms with Gasteiger partial charge in [-0.2, -0.15) is 0 Å². The van der Waals surface area contributed by atoms with Gasteiger partial charge >= 0.3 is 17.9 Å². The summed E-state index contributed by atoms with van der Waals surface area (Å²) in [6.07, 6.45) is 6.36. The minimum absolute atomic E-state index is 0.0576. The zero-order chi connectivity index (χ0) is 36.4. The van der Waals surface area contributed by atoms with E-state index in [1.54, 1.807) is 0 Å². The molecule has 11 nitrogen and oxygen atoms in total. The van der Waals surface area contributed by atoms with E-state index >= 15 is 0 Å². The quantitative estimate of drug-likeness (QED) is 0.112. The van der Waals surface area contributed by atoms with Crippen LogP contribution in [0.1, 0.15) is 47.9 Å². The molecule has 3 N–H and O–H groups in total. The predicted molar refractivity (Wildman–Crippen MR) is 189 cm³/mol. The summed E-state index contributed by atoms with van der Waals surface area (Å²) in [5.74, 6) is -3.10. The fourth-order valence-electron chi connectivity index (χ4n) is 6.84. The molecule has 2 aromatic carbocycles. The lowest BCUT2D eigenvalue weighted by molar-refractivity contribution is -0.938. The second-order valence-corrected chi connectivity index (χ2v) is 13.9. The molecule has 0 saturated carbocycles. The van der Waals surface area contributed by atoms with Gasteiger partial charge in [-0.3, -0.25) is 9.78 Å². The maximum Gasteiger partial charge on any atom is 0.328 e. The molecule has 2 unspecified atom stereocenters. The van der Waals surface area contributed by atoms with Crippen molar-refractivity contribution in [2.24, 2.45) is 0 Å². The van der Waals surface area contributed by atoms with Crippen LogP contribution in [0, 0.1) is 0 Å². The third-order valence-corrected chi connectivity index (χ3v) is 9.79. The Morgan fingerprint density at radius 3 is 2.00 bits per heavy atom. The van der Waals surface area contributed by atoms with Crippen LogP contribution < -0.4 is 0 Å². The molecule has 1 aromatic heterocycles. The summed E-state index contributed by atoms with van der Waals surface area (Å²) in [6.45, 7) is 0.808. The molecule has 6 rings (SSSR count). The molecule has 3 aromatic rings. The predicted octanol–water partition coefficient (Wildman–Crippen LogP) is 4.59. The number of carboxylic acids is 2. The smallest absolute Gasteiger partial charge is 0.328 e. The molecular formula is C38H47ClN3O8+. The number of carboxylic acid groups (broad SMARTS) is 2. The number of aromatic nitrogens is 1. The lowest BCUT2D eigenvalue weighted by Crippen LogP contribution is -2.60. The second-order valence-electron chi connectivity index (χ2n) is 13.5. The highest BCUT2D eigenvalue weighted by Gasteiger charge is 2.70. The lowest BCUT2D eigenvalue weighted by Gasteiger charge is -2.45. The molecule has 268 valence electrons. The molecule has 0 spiro atoms. The molecule has 4 heterocycles. The normalized spacial score (nSPS) is 23.7. The summed E-state index contributed by atoms with van der Waals surface area (Å²) in [4.78, 5) is 38.3. The van der Waals surface area contributed by atoms with Crippen LogP contribution in [0.2, 0.25) is 5.02 Å². The van der Waals surface area contributed by atoms with Gasteiger partial charge in [0, 0.05) is 47.8 Å². The minimum Gasteiger partial charge on any atom is -0.478 e. The van der Waals surface area contributed by atoms with Crippen LogP contribution >= 0.6 is 11.6 Å². The summed E-state index contributed by atoms with van der Waals surface area (Å²) >= 11 is 5.97. The number of morpholine rings is 1. The van der Waals surface area contributed by atoms with Crippen LogP contribution in [0.3, 0.4) is 0 Å². The van der Waals surface area contributed by atoms with Crippen molar-refractivity contribution in [3.05, 3.63) is 113 Å². The van der Waals surface area contributed by atoms with E-state index in [-0.39, 0.29) is 18.7 Å². The fraction of sp³-hybridized carbons (Fsp3) is 0.421. The molecule has 0 radical (unpaired) electrons. The SMILES string of the molecule is CN(C)CCC(c1ccc(Cl)cc1)c1ccccn1.C[N+]1(C)[C@@H]2CC(OC(=O)[C@H](CO)c3ccccc3)C[C@H]1[C@@H]1O[C@@H]12.O=C(O)/C=C\C(=O)O. The first-order valence-electron chi connectivity index (χ1n) is 16.6. The highest BCUT2D eigenvalue weighted by Crippen LogP contribution is 2.51. The number of quaternary nitrogens is 1. The number of ether oxygens (including phenoxy) is 2. The van der Waals surface area contributed by atoms with Crippen molar-refractivity contribution < 1.29 is 43.7 Å². The van der Waals surface area contributed by atoms with Crippen molar-refractivity contribution in [1.29, 1.82) is 0 Å². The van der Waals surface area contributed by atoms with Crippen molar-refractivity contribution in [3.63, 3.8) is 0 Å². The van der Waals surface area contributed by atoms with Gasteiger partial charge in [-0.1, -0.05) is 60.1 Å². The van der Waals surface area contributed by atoms with Crippen LogP contribution in [0.4, 0.5) is 0 Å². The van der Waals surface area contributed by atoms with Crippen molar-refractivity contribution in [1.82, 2.24) is 9.88 Å². The first-order valence-corrected chi connectivity index (χ1v) is 17.0. The van der Waals surface area contributed by atoms with E-state index in [0.717, 1.165) is 46.6 Å². The third-order valence-electron chi connectivity index (χ3n) is 9.54. The number of piperidine rings is 1. The van der Waals surface area contributed by atoms with E-state index in [4.69, 9.17) is 31.3 Å². The van der Waals surface area contributed by atoms with E-state index in [9.17, 15) is 19.5 Å². The Morgan fingerprint density at radius 1 is 0.920 bits per heavy atom. The molecule has 0 amide bonds. The Balaban J connectivity index is 0.000000188. The van der Waals surface area contributed by atoms with Crippen molar-refractivity contribution in [3.8, 4) is 0 Å². The Bertz CT molecular complexity index is 1550. The third kappa shape index (κ3) is 10.4. The number of epoxide rings is 1. The van der Waals surface area contributed by atoms with Crippen LogP contribution in [0.15, 0.2) is 91.1 Å². The van der Waals surface area contributed by atoms with Gasteiger partial charge in [0.05, 0.1) is 20.7 Å². The van der Waals surface area contributed by atoms with Gasteiger partial charge in [-0.15, -0.1) is 0 Å². The minimum atomic E-state index is -1.26. The summed E-state index contributed by atoms with van der Waals surface area (Å²) in [6, 6.07) is 24.4. The average molecular weight is 709 g/mol. The first-order chi connectivity index (χ1) is 23.8. The number of hydrogen-bond donors (Lipinski definition) is 3. The van der Waals surface area contributed by atoms with E-state index < -0.39 is 17.9 Å². The number of nitrogens with zero attached hydrogens (tertiary/aromatic N) is 3. The summed E-state index contributed by atoms with van der Waals surface area (Å²) in [7, 11) is 8.70. The van der Waals surface area contributed by atoms with Crippen molar-refractivity contribution >= 4 is 29.5 Å². The van der Waals surface area contributed by atoms with Gasteiger partial charge in [0.15, 0.2) is 0 Å². The van der Waals surface area contributed by atoms with Gasteiger partial charge < -0.3 is 34.2 Å². The van der Waals surface area contributed by atoms with Crippen LogP contribution in [0.25, 0.3) is 0 Å². The zero-order valence-electron chi connectivity index (χ0n) is 28.8. The number of fused-ring (bicyclic) bond motifs is 5. The molecular weight excluding hydrogens is 662 g/mol. The van der Waals surface area contributed by atoms with E-state index in [0.29, 0.717) is 42.4 Å². The molecule has 3 saturated heterocycles. The van der Waals surface area contributed by atoms with Crippen LogP contribution in [0.5, 0.6) is 0 Å². The average Bonchev–Trinajstić information content (AvgIpc) is 3.85. The number of benzene rings is 2. The number of aliphatic hydroxyl groups is 1. The maximum absolute atomic E-state index is 12.5. The number of halogens is 1. The van der Waals surface area contributed by atoms with Crippen molar-refractivity contribution in [2.75, 3.05) is 41.3 Å². The fourth-order valence-corrected chi connectivity index (χ4v) is 6.97. The first kappa shape index (κ1) is 38.7. The van der Waals surface area contributed by atoms with E-state index in [1.807, 2.05) is 60.8 Å². The topological polar surface area (TPSA) is 150 Å². The molecule has 3 aliphatic rings. The monoisotopic (exact) mass is 708 g/mol. The number of carbonyl (C=O) groups excluding carboxylic acids is 1. The summed E-state index contributed by atoms with van der Waals surface area (Å²) in [5.41, 5.74) is 3.19. The Morgan fingerprint density at radius 2 is 1.50 bits per heavy atom. The Hall–Kier alpha value is -4.13. The maximum atomic E-state index is 12.5. The van der Waals surface area contributed by atoms with E-state index in [1.165, 1.54) is 5.56 Å². The number of likely N-dealkylation sites (N-methyl/N-ethyl adjacent to an activating group) is 1.